The molecule has 0 amide bonds. The van der Waals surface area contributed by atoms with E-state index in [2.05, 4.69) is 6.58 Å². The summed E-state index contributed by atoms with van der Waals surface area (Å²) in [5.74, 6) is 0. The van der Waals surface area contributed by atoms with Gasteiger partial charge in [0.1, 0.15) is 10.4 Å². The Labute approximate surface area is 85.2 Å². The SMILES string of the molecule is C=C(C)C(O)c1cc(Cl)sc1Cl. The second-order valence-corrected chi connectivity index (χ2v) is 4.81. The molecule has 1 aromatic rings. The number of rotatable bonds is 2. The van der Waals surface area contributed by atoms with Crippen LogP contribution in [0.15, 0.2) is 18.2 Å². The molecule has 1 aromatic heterocycles. The average Bonchev–Trinajstić information content (AvgIpc) is 2.28. The maximum atomic E-state index is 9.56. The summed E-state index contributed by atoms with van der Waals surface area (Å²) in [6.07, 6.45) is -0.707. The molecule has 1 unspecified atom stereocenters. The van der Waals surface area contributed by atoms with Gasteiger partial charge in [-0.15, -0.1) is 11.3 Å². The van der Waals surface area contributed by atoms with Crippen LogP contribution in [0.4, 0.5) is 0 Å². The summed E-state index contributed by atoms with van der Waals surface area (Å²) in [4.78, 5) is 0. The van der Waals surface area contributed by atoms with Crippen molar-refractivity contribution < 1.29 is 5.11 Å². The van der Waals surface area contributed by atoms with Crippen LogP contribution in [-0.4, -0.2) is 5.11 Å². The standard InChI is InChI=1S/C8H8Cl2OS/c1-4(2)7(11)5-3-6(9)12-8(5)10/h3,7,11H,1H2,2H3. The van der Waals surface area contributed by atoms with Crippen LogP contribution in [0.25, 0.3) is 0 Å². The van der Waals surface area contributed by atoms with Crippen LogP contribution >= 0.6 is 34.5 Å². The molecule has 0 aromatic carbocycles. The van der Waals surface area contributed by atoms with Crippen LogP contribution in [0.1, 0.15) is 18.6 Å². The third kappa shape index (κ3) is 2.02. The Kier molecular flexibility index (Phi) is 3.18. The van der Waals surface area contributed by atoms with Gasteiger partial charge in [0.05, 0.1) is 4.34 Å². The third-order valence-electron chi connectivity index (χ3n) is 1.44. The zero-order valence-corrected chi connectivity index (χ0v) is 8.80. The highest BCUT2D eigenvalue weighted by molar-refractivity contribution is 7.20. The van der Waals surface area contributed by atoms with Gasteiger partial charge < -0.3 is 5.11 Å². The predicted octanol–water partition coefficient (Wildman–Crippen LogP) is 3.66. The van der Waals surface area contributed by atoms with Gasteiger partial charge in [-0.25, -0.2) is 0 Å². The van der Waals surface area contributed by atoms with E-state index in [1.54, 1.807) is 13.0 Å². The van der Waals surface area contributed by atoms with E-state index in [1.165, 1.54) is 11.3 Å². The number of hydrogen-bond acceptors (Lipinski definition) is 2. The number of aliphatic hydroxyl groups excluding tert-OH is 1. The van der Waals surface area contributed by atoms with Crippen LogP contribution < -0.4 is 0 Å². The molecule has 0 aliphatic heterocycles. The van der Waals surface area contributed by atoms with Crippen molar-refractivity contribution in [2.75, 3.05) is 0 Å². The maximum Gasteiger partial charge on any atom is 0.102 e. The number of halogens is 2. The van der Waals surface area contributed by atoms with Crippen molar-refractivity contribution in [3.05, 3.63) is 32.5 Å². The fourth-order valence-corrected chi connectivity index (χ4v) is 2.33. The molecule has 0 saturated heterocycles. The Morgan fingerprint density at radius 3 is 2.58 bits per heavy atom. The van der Waals surface area contributed by atoms with Crippen LogP contribution in [0, 0.1) is 0 Å². The van der Waals surface area contributed by atoms with Crippen molar-refractivity contribution in [2.24, 2.45) is 0 Å². The largest absolute Gasteiger partial charge is 0.384 e. The van der Waals surface area contributed by atoms with Gasteiger partial charge in [0, 0.05) is 5.56 Å². The van der Waals surface area contributed by atoms with Gasteiger partial charge >= 0.3 is 0 Å². The summed E-state index contributed by atoms with van der Waals surface area (Å²) >= 11 is 12.8. The van der Waals surface area contributed by atoms with Crippen LogP contribution in [-0.2, 0) is 0 Å². The molecule has 1 nitrogen and oxygen atoms in total. The summed E-state index contributed by atoms with van der Waals surface area (Å²) in [6, 6.07) is 1.66. The van der Waals surface area contributed by atoms with Gasteiger partial charge in [-0.2, -0.15) is 0 Å². The molecular weight excluding hydrogens is 215 g/mol. The normalized spacial score (nSPS) is 13.0. The molecule has 12 heavy (non-hydrogen) atoms. The van der Waals surface area contributed by atoms with Crippen LogP contribution in [0.2, 0.25) is 8.67 Å². The minimum atomic E-state index is -0.707. The van der Waals surface area contributed by atoms with E-state index in [1.807, 2.05) is 0 Å². The predicted molar refractivity (Wildman–Crippen MR) is 54.1 cm³/mol. The second kappa shape index (κ2) is 3.79. The highest BCUT2D eigenvalue weighted by Crippen LogP contribution is 2.36. The first kappa shape index (κ1) is 10.1. The smallest absolute Gasteiger partial charge is 0.102 e. The highest BCUT2D eigenvalue weighted by atomic mass is 35.5. The van der Waals surface area contributed by atoms with Gasteiger partial charge in [0.15, 0.2) is 0 Å². The van der Waals surface area contributed by atoms with Gasteiger partial charge in [-0.05, 0) is 18.6 Å². The van der Waals surface area contributed by atoms with Crippen molar-refractivity contribution >= 4 is 34.5 Å². The lowest BCUT2D eigenvalue weighted by molar-refractivity contribution is 0.217. The van der Waals surface area contributed by atoms with E-state index in [4.69, 9.17) is 23.2 Å². The van der Waals surface area contributed by atoms with Crippen molar-refractivity contribution in [3.63, 3.8) is 0 Å². The highest BCUT2D eigenvalue weighted by Gasteiger charge is 2.14. The third-order valence-corrected chi connectivity index (χ3v) is 2.96. The first-order valence-electron chi connectivity index (χ1n) is 3.30. The molecule has 4 heteroatoms. The zero-order chi connectivity index (χ0) is 9.30. The average molecular weight is 223 g/mol. The summed E-state index contributed by atoms with van der Waals surface area (Å²) < 4.78 is 1.10. The maximum absolute atomic E-state index is 9.56. The van der Waals surface area contributed by atoms with E-state index in [9.17, 15) is 5.11 Å². The molecule has 0 aliphatic carbocycles. The molecule has 0 spiro atoms. The van der Waals surface area contributed by atoms with Gasteiger partial charge in [0.2, 0.25) is 0 Å². The molecule has 0 fully saturated rings. The fraction of sp³-hybridized carbons (Fsp3) is 0.250. The minimum Gasteiger partial charge on any atom is -0.384 e. The quantitative estimate of drug-likeness (QED) is 0.758. The monoisotopic (exact) mass is 222 g/mol. The number of hydrogen-bond donors (Lipinski definition) is 1. The molecule has 1 rings (SSSR count). The molecule has 0 bridgehead atoms. The zero-order valence-electron chi connectivity index (χ0n) is 6.47. The lowest BCUT2D eigenvalue weighted by Crippen LogP contribution is -1.95. The first-order valence-corrected chi connectivity index (χ1v) is 4.88. The Morgan fingerprint density at radius 2 is 2.25 bits per heavy atom. The Bertz CT molecular complexity index is 306. The van der Waals surface area contributed by atoms with E-state index >= 15 is 0 Å². The first-order chi connectivity index (χ1) is 5.52. The summed E-state index contributed by atoms with van der Waals surface area (Å²) in [6.45, 7) is 5.38. The van der Waals surface area contributed by atoms with E-state index in [0.717, 1.165) is 0 Å². The number of thiophene rings is 1. The Balaban J connectivity index is 3.02. The van der Waals surface area contributed by atoms with Gasteiger partial charge in [0.25, 0.3) is 0 Å². The van der Waals surface area contributed by atoms with Gasteiger partial charge in [-0.1, -0.05) is 29.8 Å². The van der Waals surface area contributed by atoms with Crippen molar-refractivity contribution in [1.29, 1.82) is 0 Å². The lowest BCUT2D eigenvalue weighted by Gasteiger charge is -2.07. The molecule has 0 saturated carbocycles. The summed E-state index contributed by atoms with van der Waals surface area (Å²) in [5.41, 5.74) is 1.30. The van der Waals surface area contributed by atoms with Gasteiger partial charge in [-0.3, -0.25) is 0 Å². The number of aliphatic hydroxyl groups is 1. The molecule has 0 radical (unpaired) electrons. The second-order valence-electron chi connectivity index (χ2n) is 2.53. The molecular formula is C8H8Cl2OS. The van der Waals surface area contributed by atoms with E-state index in [0.29, 0.717) is 19.8 Å². The van der Waals surface area contributed by atoms with Crippen molar-refractivity contribution in [1.82, 2.24) is 0 Å². The van der Waals surface area contributed by atoms with Crippen molar-refractivity contribution in [2.45, 2.75) is 13.0 Å². The fourth-order valence-electron chi connectivity index (χ4n) is 0.805. The molecule has 0 aliphatic rings. The van der Waals surface area contributed by atoms with Crippen LogP contribution in [0.5, 0.6) is 0 Å². The van der Waals surface area contributed by atoms with E-state index < -0.39 is 6.10 Å². The summed E-state index contributed by atoms with van der Waals surface area (Å²) in [5, 5.41) is 9.56. The summed E-state index contributed by atoms with van der Waals surface area (Å²) in [7, 11) is 0. The minimum absolute atomic E-state index is 0.524. The Morgan fingerprint density at radius 1 is 1.67 bits per heavy atom. The lowest BCUT2D eigenvalue weighted by atomic mass is 10.1. The van der Waals surface area contributed by atoms with Crippen LogP contribution in [0.3, 0.4) is 0 Å². The Hall–Kier alpha value is -0.0200. The molecule has 1 N–H and O–H groups in total. The van der Waals surface area contributed by atoms with Crippen molar-refractivity contribution in [3.8, 4) is 0 Å². The topological polar surface area (TPSA) is 20.2 Å². The van der Waals surface area contributed by atoms with E-state index in [-0.39, 0.29) is 0 Å². The molecule has 66 valence electrons. The molecule has 1 atom stereocenters. The molecule has 1 heterocycles.